The van der Waals surface area contributed by atoms with Crippen LogP contribution in [0.5, 0.6) is 0 Å². The lowest BCUT2D eigenvalue weighted by atomic mass is 10.1. The van der Waals surface area contributed by atoms with E-state index >= 15 is 0 Å². The van der Waals surface area contributed by atoms with Gasteiger partial charge in [0.15, 0.2) is 0 Å². The Balaban J connectivity index is 2.92. The molecule has 1 heteroatoms. The SMILES string of the molecule is CC=CCCCCCCCCCC=CO. The van der Waals surface area contributed by atoms with Crippen LogP contribution in [0.1, 0.15) is 64.7 Å². The summed E-state index contributed by atoms with van der Waals surface area (Å²) in [5, 5.41) is 8.42. The van der Waals surface area contributed by atoms with Gasteiger partial charge in [0.05, 0.1) is 6.26 Å². The summed E-state index contributed by atoms with van der Waals surface area (Å²) >= 11 is 0. The van der Waals surface area contributed by atoms with Crippen LogP contribution in [0.4, 0.5) is 0 Å². The number of hydrogen-bond acceptors (Lipinski definition) is 1. The van der Waals surface area contributed by atoms with Crippen LogP contribution in [0.15, 0.2) is 24.5 Å². The quantitative estimate of drug-likeness (QED) is 0.300. The Bertz CT molecular complexity index is 141. The first-order valence-electron chi connectivity index (χ1n) is 6.32. The Labute approximate surface area is 94.9 Å². The molecule has 0 radical (unpaired) electrons. The zero-order valence-corrected chi connectivity index (χ0v) is 10.1. The van der Waals surface area contributed by atoms with Crippen molar-refractivity contribution in [2.24, 2.45) is 0 Å². The summed E-state index contributed by atoms with van der Waals surface area (Å²) in [4.78, 5) is 0. The van der Waals surface area contributed by atoms with Gasteiger partial charge in [-0.05, 0) is 32.6 Å². The third-order valence-electron chi connectivity index (χ3n) is 2.58. The first-order chi connectivity index (χ1) is 7.41. The van der Waals surface area contributed by atoms with Crippen molar-refractivity contribution in [3.8, 4) is 0 Å². The molecular formula is C14H26O. The van der Waals surface area contributed by atoms with Crippen molar-refractivity contribution < 1.29 is 5.11 Å². The molecule has 0 fully saturated rings. The largest absolute Gasteiger partial charge is 0.516 e. The van der Waals surface area contributed by atoms with Gasteiger partial charge in [0.25, 0.3) is 0 Å². The molecule has 0 aliphatic heterocycles. The summed E-state index contributed by atoms with van der Waals surface area (Å²) in [5.74, 6) is 0. The molecule has 0 unspecified atom stereocenters. The van der Waals surface area contributed by atoms with Gasteiger partial charge in [-0.2, -0.15) is 0 Å². The van der Waals surface area contributed by atoms with Crippen LogP contribution in [-0.4, -0.2) is 5.11 Å². The highest BCUT2D eigenvalue weighted by Gasteiger charge is 1.90. The lowest BCUT2D eigenvalue weighted by Crippen LogP contribution is -1.80. The first-order valence-corrected chi connectivity index (χ1v) is 6.32. The summed E-state index contributed by atoms with van der Waals surface area (Å²) in [7, 11) is 0. The van der Waals surface area contributed by atoms with Crippen molar-refractivity contribution >= 4 is 0 Å². The van der Waals surface area contributed by atoms with Crippen LogP contribution in [0.25, 0.3) is 0 Å². The van der Waals surface area contributed by atoms with Gasteiger partial charge in [0, 0.05) is 0 Å². The summed E-state index contributed by atoms with van der Waals surface area (Å²) < 4.78 is 0. The highest BCUT2D eigenvalue weighted by atomic mass is 16.2. The maximum absolute atomic E-state index is 8.42. The first kappa shape index (κ1) is 14.3. The van der Waals surface area contributed by atoms with Gasteiger partial charge in [0.1, 0.15) is 0 Å². The predicted octanol–water partition coefficient (Wildman–Crippen LogP) is 5.15. The van der Waals surface area contributed by atoms with Crippen molar-refractivity contribution in [2.75, 3.05) is 0 Å². The molecule has 0 rings (SSSR count). The lowest BCUT2D eigenvalue weighted by molar-refractivity contribution is 0.469. The molecule has 0 aromatic rings. The lowest BCUT2D eigenvalue weighted by Gasteiger charge is -1.99. The van der Waals surface area contributed by atoms with Crippen molar-refractivity contribution in [3.05, 3.63) is 24.5 Å². The van der Waals surface area contributed by atoms with Gasteiger partial charge in [0.2, 0.25) is 0 Å². The van der Waals surface area contributed by atoms with Crippen molar-refractivity contribution in [3.63, 3.8) is 0 Å². The maximum atomic E-state index is 8.42. The van der Waals surface area contributed by atoms with E-state index in [1.165, 1.54) is 51.4 Å². The highest BCUT2D eigenvalue weighted by Crippen LogP contribution is 2.09. The van der Waals surface area contributed by atoms with E-state index in [9.17, 15) is 0 Å². The summed E-state index contributed by atoms with van der Waals surface area (Å²) in [6.45, 7) is 2.08. The van der Waals surface area contributed by atoms with Crippen molar-refractivity contribution in [2.45, 2.75) is 64.7 Å². The zero-order chi connectivity index (χ0) is 11.2. The average Bonchev–Trinajstić information content (AvgIpc) is 2.26. The number of hydrogen-bond donors (Lipinski definition) is 1. The Kier molecular flexibility index (Phi) is 12.6. The Morgan fingerprint density at radius 3 is 1.67 bits per heavy atom. The Hall–Kier alpha value is -0.720. The van der Waals surface area contributed by atoms with Gasteiger partial charge in [-0.25, -0.2) is 0 Å². The van der Waals surface area contributed by atoms with Gasteiger partial charge >= 0.3 is 0 Å². The molecule has 0 saturated carbocycles. The summed E-state index contributed by atoms with van der Waals surface area (Å²) in [6, 6.07) is 0. The molecule has 1 nitrogen and oxygen atoms in total. The molecule has 0 aliphatic rings. The second-order valence-electron chi connectivity index (χ2n) is 4.01. The third kappa shape index (κ3) is 13.3. The minimum atomic E-state index is 1.03. The zero-order valence-electron chi connectivity index (χ0n) is 10.1. The van der Waals surface area contributed by atoms with E-state index in [-0.39, 0.29) is 0 Å². The van der Waals surface area contributed by atoms with E-state index in [0.29, 0.717) is 0 Å². The van der Waals surface area contributed by atoms with E-state index < -0.39 is 0 Å². The standard InChI is InChI=1S/C14H26O/c1-2-3-4-5-6-7-8-9-10-11-12-13-14-15/h2-3,13-15H,4-12H2,1H3. The predicted molar refractivity (Wildman–Crippen MR) is 68.1 cm³/mol. The molecule has 0 aliphatic carbocycles. The van der Waals surface area contributed by atoms with E-state index in [1.54, 1.807) is 0 Å². The smallest absolute Gasteiger partial charge is 0.0751 e. The molecule has 0 saturated heterocycles. The number of aliphatic hydroxyl groups excluding tert-OH is 1. The molecule has 0 bridgehead atoms. The molecular weight excluding hydrogens is 184 g/mol. The second kappa shape index (κ2) is 13.3. The van der Waals surface area contributed by atoms with E-state index in [1.807, 2.05) is 6.08 Å². The fourth-order valence-electron chi connectivity index (χ4n) is 1.65. The minimum Gasteiger partial charge on any atom is -0.516 e. The number of unbranched alkanes of at least 4 members (excludes halogenated alkanes) is 8. The van der Waals surface area contributed by atoms with E-state index in [4.69, 9.17) is 5.11 Å². The third-order valence-corrected chi connectivity index (χ3v) is 2.58. The summed E-state index contributed by atoms with van der Waals surface area (Å²) in [6.07, 6.45) is 19.0. The van der Waals surface area contributed by atoms with Gasteiger partial charge < -0.3 is 5.11 Å². The molecule has 15 heavy (non-hydrogen) atoms. The fourth-order valence-corrected chi connectivity index (χ4v) is 1.65. The molecule has 0 aromatic carbocycles. The van der Waals surface area contributed by atoms with Crippen molar-refractivity contribution in [1.82, 2.24) is 0 Å². The maximum Gasteiger partial charge on any atom is 0.0751 e. The van der Waals surface area contributed by atoms with Gasteiger partial charge in [-0.15, -0.1) is 0 Å². The van der Waals surface area contributed by atoms with Crippen LogP contribution < -0.4 is 0 Å². The number of aliphatic hydroxyl groups is 1. The number of rotatable bonds is 10. The average molecular weight is 210 g/mol. The Morgan fingerprint density at radius 1 is 0.733 bits per heavy atom. The van der Waals surface area contributed by atoms with Crippen molar-refractivity contribution in [1.29, 1.82) is 0 Å². The fraction of sp³-hybridized carbons (Fsp3) is 0.714. The molecule has 0 heterocycles. The molecule has 0 spiro atoms. The summed E-state index contributed by atoms with van der Waals surface area (Å²) in [5.41, 5.74) is 0. The van der Waals surface area contributed by atoms with Crippen LogP contribution in [0, 0.1) is 0 Å². The number of allylic oxidation sites excluding steroid dienone is 3. The highest BCUT2D eigenvalue weighted by molar-refractivity contribution is 4.76. The molecule has 0 aromatic heterocycles. The normalized spacial score (nSPS) is 11.8. The molecule has 0 atom stereocenters. The van der Waals surface area contributed by atoms with Crippen LogP contribution in [-0.2, 0) is 0 Å². The topological polar surface area (TPSA) is 20.2 Å². The molecule has 1 N–H and O–H groups in total. The monoisotopic (exact) mass is 210 g/mol. The molecule has 88 valence electrons. The van der Waals surface area contributed by atoms with Gasteiger partial charge in [-0.1, -0.05) is 50.3 Å². The second-order valence-corrected chi connectivity index (χ2v) is 4.01. The van der Waals surface area contributed by atoms with Crippen LogP contribution in [0.3, 0.4) is 0 Å². The van der Waals surface area contributed by atoms with Gasteiger partial charge in [-0.3, -0.25) is 0 Å². The molecule has 0 amide bonds. The minimum absolute atomic E-state index is 1.03. The van der Waals surface area contributed by atoms with E-state index in [0.717, 1.165) is 12.7 Å². The van der Waals surface area contributed by atoms with Crippen LogP contribution >= 0.6 is 0 Å². The van der Waals surface area contributed by atoms with E-state index in [2.05, 4.69) is 19.1 Å². The van der Waals surface area contributed by atoms with Crippen LogP contribution in [0.2, 0.25) is 0 Å². The Morgan fingerprint density at radius 2 is 1.20 bits per heavy atom.